The van der Waals surface area contributed by atoms with E-state index in [-0.39, 0.29) is 36.7 Å². The van der Waals surface area contributed by atoms with E-state index in [2.05, 4.69) is 5.32 Å². The zero-order valence-electron chi connectivity index (χ0n) is 15.3. The van der Waals surface area contributed by atoms with E-state index in [0.717, 1.165) is 10.6 Å². The number of rotatable bonds is 7. The quantitative estimate of drug-likeness (QED) is 0.741. The number of hydrogen-bond donors (Lipinski definition) is 1. The van der Waals surface area contributed by atoms with E-state index in [0.29, 0.717) is 0 Å². The fourth-order valence-corrected chi connectivity index (χ4v) is 3.16. The van der Waals surface area contributed by atoms with Crippen LogP contribution in [0.5, 0.6) is 0 Å². The molecule has 0 heterocycles. The van der Waals surface area contributed by atoms with Gasteiger partial charge in [-0.05, 0) is 39.8 Å². The summed E-state index contributed by atoms with van der Waals surface area (Å²) in [5.74, 6) is -0.874. The van der Waals surface area contributed by atoms with Crippen LogP contribution in [0.3, 0.4) is 0 Å². The maximum atomic E-state index is 12.2. The summed E-state index contributed by atoms with van der Waals surface area (Å²) in [6.07, 6.45) is 1.01. The van der Waals surface area contributed by atoms with E-state index in [1.165, 1.54) is 12.1 Å². The molecule has 1 amide bonds. The first-order valence-corrected chi connectivity index (χ1v) is 9.85. The van der Waals surface area contributed by atoms with Gasteiger partial charge in [-0.15, -0.1) is 0 Å². The number of sulfonamides is 1. The predicted molar refractivity (Wildman–Crippen MR) is 97.1 cm³/mol. The summed E-state index contributed by atoms with van der Waals surface area (Å²) in [6.45, 7) is 7.31. The number of ether oxygens (including phenoxy) is 1. The Morgan fingerprint density at radius 2 is 1.80 bits per heavy atom. The Labute approximate surface area is 149 Å². The van der Waals surface area contributed by atoms with Crippen molar-refractivity contribution in [1.82, 2.24) is 5.32 Å². The third-order valence-corrected chi connectivity index (χ3v) is 4.30. The molecule has 0 bridgehead atoms. The van der Waals surface area contributed by atoms with Gasteiger partial charge in [0.25, 0.3) is 0 Å². The number of benzene rings is 1. The molecule has 1 rings (SSSR count). The van der Waals surface area contributed by atoms with Gasteiger partial charge in [-0.25, -0.2) is 13.2 Å². The highest BCUT2D eigenvalue weighted by Crippen LogP contribution is 2.24. The Bertz CT molecular complexity index is 723. The Kier molecular flexibility index (Phi) is 6.98. The zero-order valence-corrected chi connectivity index (χ0v) is 16.1. The Morgan fingerprint density at radius 1 is 1.20 bits per heavy atom. The standard InChI is InChI=1S/C17H26N2O5S/c1-6-24-16(21)13-9-7-8-10-14(13)19(25(5,22)23)12-11-15(20)18-17(2,3)4/h7-10H,6,11-12H2,1-5H3,(H,18,20). The fraction of sp³-hybridized carbons (Fsp3) is 0.529. The van der Waals surface area contributed by atoms with Crippen molar-refractivity contribution in [2.24, 2.45) is 0 Å². The van der Waals surface area contributed by atoms with Crippen LogP contribution >= 0.6 is 0 Å². The van der Waals surface area contributed by atoms with E-state index in [1.54, 1.807) is 19.1 Å². The van der Waals surface area contributed by atoms with E-state index in [9.17, 15) is 18.0 Å². The number of anilines is 1. The van der Waals surface area contributed by atoms with Crippen molar-refractivity contribution >= 4 is 27.6 Å². The summed E-state index contributed by atoms with van der Waals surface area (Å²) < 4.78 is 30.4. The lowest BCUT2D eigenvalue weighted by Gasteiger charge is -2.25. The molecular weight excluding hydrogens is 344 g/mol. The summed E-state index contributed by atoms with van der Waals surface area (Å²) >= 11 is 0. The lowest BCUT2D eigenvalue weighted by molar-refractivity contribution is -0.122. The lowest BCUT2D eigenvalue weighted by atomic mass is 10.1. The van der Waals surface area contributed by atoms with Gasteiger partial charge in [0, 0.05) is 18.5 Å². The van der Waals surface area contributed by atoms with Gasteiger partial charge in [0.2, 0.25) is 15.9 Å². The number of para-hydroxylation sites is 1. The van der Waals surface area contributed by atoms with E-state index in [1.807, 2.05) is 20.8 Å². The molecule has 0 aliphatic heterocycles. The minimum Gasteiger partial charge on any atom is -0.462 e. The normalized spacial score (nSPS) is 11.7. The van der Waals surface area contributed by atoms with Crippen molar-refractivity contribution in [3.63, 3.8) is 0 Å². The molecular formula is C17H26N2O5S. The van der Waals surface area contributed by atoms with Crippen LogP contribution < -0.4 is 9.62 Å². The molecule has 0 aliphatic carbocycles. The third-order valence-electron chi connectivity index (χ3n) is 3.12. The number of amides is 1. The van der Waals surface area contributed by atoms with Crippen molar-refractivity contribution in [2.75, 3.05) is 23.7 Å². The monoisotopic (exact) mass is 370 g/mol. The maximum absolute atomic E-state index is 12.2. The molecule has 8 heteroatoms. The second-order valence-electron chi connectivity index (χ2n) is 6.62. The van der Waals surface area contributed by atoms with Crippen LogP contribution in [0.1, 0.15) is 44.5 Å². The van der Waals surface area contributed by atoms with Gasteiger partial charge in [0.15, 0.2) is 0 Å². The van der Waals surface area contributed by atoms with Gasteiger partial charge in [-0.2, -0.15) is 0 Å². The van der Waals surface area contributed by atoms with Crippen molar-refractivity contribution in [3.8, 4) is 0 Å². The van der Waals surface area contributed by atoms with Gasteiger partial charge in [-0.3, -0.25) is 9.10 Å². The molecule has 7 nitrogen and oxygen atoms in total. The maximum Gasteiger partial charge on any atom is 0.340 e. The molecule has 0 radical (unpaired) electrons. The highest BCUT2D eigenvalue weighted by Gasteiger charge is 2.25. The van der Waals surface area contributed by atoms with E-state index < -0.39 is 21.5 Å². The van der Waals surface area contributed by atoms with Gasteiger partial charge in [0.05, 0.1) is 24.1 Å². The minimum atomic E-state index is -3.68. The number of nitrogens with one attached hydrogen (secondary N) is 1. The fourth-order valence-electron chi connectivity index (χ4n) is 2.22. The number of hydrogen-bond acceptors (Lipinski definition) is 5. The highest BCUT2D eigenvalue weighted by molar-refractivity contribution is 7.92. The van der Waals surface area contributed by atoms with Gasteiger partial charge in [-0.1, -0.05) is 12.1 Å². The highest BCUT2D eigenvalue weighted by atomic mass is 32.2. The summed E-state index contributed by atoms with van der Waals surface area (Å²) in [7, 11) is -3.68. The molecule has 0 aromatic heterocycles. The second kappa shape index (κ2) is 8.33. The molecule has 0 saturated carbocycles. The molecule has 0 atom stereocenters. The van der Waals surface area contributed by atoms with Gasteiger partial charge in [0.1, 0.15) is 0 Å². The minimum absolute atomic E-state index is 0.0263. The molecule has 1 aromatic rings. The summed E-state index contributed by atoms with van der Waals surface area (Å²) in [6, 6.07) is 6.28. The number of esters is 1. The largest absolute Gasteiger partial charge is 0.462 e. The van der Waals surface area contributed by atoms with Gasteiger partial charge >= 0.3 is 5.97 Å². The Hall–Kier alpha value is -2.09. The van der Waals surface area contributed by atoms with Crippen molar-refractivity contribution in [1.29, 1.82) is 0 Å². The summed E-state index contributed by atoms with van der Waals surface area (Å²) in [4.78, 5) is 24.1. The van der Waals surface area contributed by atoms with Crippen LogP contribution in [-0.4, -0.2) is 45.2 Å². The average molecular weight is 370 g/mol. The van der Waals surface area contributed by atoms with Crippen LogP contribution in [0.25, 0.3) is 0 Å². The molecule has 0 spiro atoms. The van der Waals surface area contributed by atoms with Crippen molar-refractivity contribution in [3.05, 3.63) is 29.8 Å². The second-order valence-corrected chi connectivity index (χ2v) is 8.53. The molecule has 0 saturated heterocycles. The molecule has 140 valence electrons. The number of carbonyl (C=O) groups is 2. The SMILES string of the molecule is CCOC(=O)c1ccccc1N(CCC(=O)NC(C)(C)C)S(C)(=O)=O. The van der Waals surface area contributed by atoms with Crippen LogP contribution in [-0.2, 0) is 19.6 Å². The van der Waals surface area contributed by atoms with Crippen LogP contribution in [0, 0.1) is 0 Å². The lowest BCUT2D eigenvalue weighted by Crippen LogP contribution is -2.42. The zero-order chi connectivity index (χ0) is 19.3. The number of carbonyl (C=O) groups excluding carboxylic acids is 2. The van der Waals surface area contributed by atoms with Gasteiger partial charge < -0.3 is 10.1 Å². The van der Waals surface area contributed by atoms with E-state index in [4.69, 9.17) is 4.74 Å². The van der Waals surface area contributed by atoms with Crippen LogP contribution in [0.15, 0.2) is 24.3 Å². The van der Waals surface area contributed by atoms with Crippen molar-refractivity contribution < 1.29 is 22.7 Å². The average Bonchev–Trinajstić information content (AvgIpc) is 2.44. The van der Waals surface area contributed by atoms with Crippen molar-refractivity contribution in [2.45, 2.75) is 39.7 Å². The first-order valence-electron chi connectivity index (χ1n) is 8.00. The van der Waals surface area contributed by atoms with E-state index >= 15 is 0 Å². The first-order chi connectivity index (χ1) is 11.5. The summed E-state index contributed by atoms with van der Waals surface area (Å²) in [5.41, 5.74) is -0.0615. The molecule has 1 aromatic carbocycles. The first kappa shape index (κ1) is 21.0. The molecule has 0 aliphatic rings. The predicted octanol–water partition coefficient (Wildman–Crippen LogP) is 1.93. The molecule has 0 fully saturated rings. The van der Waals surface area contributed by atoms with Crippen LogP contribution in [0.2, 0.25) is 0 Å². The van der Waals surface area contributed by atoms with Crippen LogP contribution in [0.4, 0.5) is 5.69 Å². The molecule has 0 unspecified atom stereocenters. The molecule has 25 heavy (non-hydrogen) atoms. The number of nitrogens with zero attached hydrogens (tertiary/aromatic N) is 1. The molecule has 1 N–H and O–H groups in total. The topological polar surface area (TPSA) is 92.8 Å². The Balaban J connectivity index is 3.10. The third kappa shape index (κ3) is 6.74. The smallest absolute Gasteiger partial charge is 0.340 e. The Morgan fingerprint density at radius 3 is 2.32 bits per heavy atom. The summed E-state index contributed by atoms with van der Waals surface area (Å²) in [5, 5.41) is 2.78.